The Morgan fingerprint density at radius 3 is 1.32 bits per heavy atom. The predicted octanol–water partition coefficient (Wildman–Crippen LogP) is 7.66. The number of nitrogens with zero attached hydrogens (tertiary/aromatic N) is 7. The van der Waals surface area contributed by atoms with Gasteiger partial charge in [-0.25, -0.2) is 0 Å². The van der Waals surface area contributed by atoms with Crippen LogP contribution in [0.15, 0.2) is 164 Å². The summed E-state index contributed by atoms with van der Waals surface area (Å²) in [7, 11) is 0. The van der Waals surface area contributed by atoms with Crippen molar-refractivity contribution in [2.24, 2.45) is 0 Å². The zero-order valence-electron chi connectivity index (χ0n) is 32.8. The van der Waals surface area contributed by atoms with Crippen LogP contribution in [0, 0.1) is 45.3 Å². The highest BCUT2D eigenvalue weighted by Gasteiger charge is 2.49. The van der Waals surface area contributed by atoms with Crippen LogP contribution in [0.2, 0.25) is 0 Å². The molecule has 0 radical (unpaired) electrons. The maximum absolute atomic E-state index is 11.1. The third-order valence-corrected chi connectivity index (χ3v) is 12.6. The lowest BCUT2D eigenvalue weighted by Gasteiger charge is -2.46. The molecule has 0 atom stereocenters. The van der Waals surface area contributed by atoms with Crippen LogP contribution in [0.4, 0.5) is 51.2 Å². The van der Waals surface area contributed by atoms with Crippen molar-refractivity contribution in [1.29, 1.82) is 21.0 Å². The van der Waals surface area contributed by atoms with Gasteiger partial charge in [-0.3, -0.25) is 0 Å². The van der Waals surface area contributed by atoms with Gasteiger partial charge in [0.15, 0.2) is 0 Å². The molecule has 0 unspecified atom stereocenters. The summed E-state index contributed by atoms with van der Waals surface area (Å²) in [6.45, 7) is -0.825. The molecule has 12 rings (SSSR count). The molecule has 4 aliphatic heterocycles. The van der Waals surface area contributed by atoms with Gasteiger partial charge < -0.3 is 19.4 Å². The summed E-state index contributed by atoms with van der Waals surface area (Å²) < 4.78 is 6.66. The van der Waals surface area contributed by atoms with Gasteiger partial charge in [0.25, 0.3) is 13.4 Å². The fourth-order valence-electron chi connectivity index (χ4n) is 10.2. The molecule has 0 aliphatic carbocycles. The van der Waals surface area contributed by atoms with Crippen LogP contribution < -0.4 is 52.2 Å². The van der Waals surface area contributed by atoms with E-state index in [1.807, 2.05) is 115 Å². The monoisotopic (exact) mass is 787 g/mol. The molecular formula is C52H27B2N7O. The molecule has 4 heterocycles. The number of nitriles is 4. The molecule has 8 aromatic carbocycles. The van der Waals surface area contributed by atoms with Gasteiger partial charge in [-0.05, 0) is 99.5 Å². The second kappa shape index (κ2) is 13.3. The quantitative estimate of drug-likeness (QED) is 0.168. The lowest BCUT2D eigenvalue weighted by molar-refractivity contribution is 0.486. The zero-order chi connectivity index (χ0) is 41.6. The van der Waals surface area contributed by atoms with Crippen molar-refractivity contribution in [2.45, 2.75) is 0 Å². The van der Waals surface area contributed by atoms with Crippen LogP contribution in [-0.4, -0.2) is 13.4 Å². The van der Waals surface area contributed by atoms with Crippen molar-refractivity contribution < 1.29 is 4.74 Å². The number of rotatable bonds is 3. The first kappa shape index (κ1) is 35.0. The summed E-state index contributed by atoms with van der Waals surface area (Å²) in [6.07, 6.45) is 0. The molecule has 62 heavy (non-hydrogen) atoms. The van der Waals surface area contributed by atoms with Crippen LogP contribution >= 0.6 is 0 Å². The molecule has 4 aliphatic rings. The third kappa shape index (κ3) is 4.69. The largest absolute Gasteiger partial charge is 0.457 e. The smallest absolute Gasteiger partial charge is 0.256 e. The van der Waals surface area contributed by atoms with Crippen LogP contribution in [-0.2, 0) is 0 Å². The van der Waals surface area contributed by atoms with Gasteiger partial charge in [-0.1, -0.05) is 97.1 Å². The van der Waals surface area contributed by atoms with E-state index in [0.717, 1.165) is 72.6 Å². The molecule has 8 nitrogen and oxygen atoms in total. The van der Waals surface area contributed by atoms with Gasteiger partial charge in [0.05, 0.1) is 39.3 Å². The van der Waals surface area contributed by atoms with E-state index in [9.17, 15) is 21.0 Å². The third-order valence-electron chi connectivity index (χ3n) is 12.6. The summed E-state index contributed by atoms with van der Waals surface area (Å²) in [5, 5.41) is 43.5. The molecule has 0 aromatic heterocycles. The van der Waals surface area contributed by atoms with Crippen LogP contribution in [0.1, 0.15) is 22.3 Å². The first-order valence-electron chi connectivity index (χ1n) is 20.2. The first-order valence-corrected chi connectivity index (χ1v) is 20.2. The van der Waals surface area contributed by atoms with Crippen molar-refractivity contribution in [3.05, 3.63) is 186 Å². The maximum Gasteiger partial charge on any atom is 0.256 e. The molecule has 282 valence electrons. The van der Waals surface area contributed by atoms with Crippen molar-refractivity contribution in [3.63, 3.8) is 0 Å². The van der Waals surface area contributed by atoms with Crippen LogP contribution in [0.25, 0.3) is 0 Å². The highest BCUT2D eigenvalue weighted by molar-refractivity contribution is 7.02. The lowest BCUT2D eigenvalue weighted by Crippen LogP contribution is -2.65. The van der Waals surface area contributed by atoms with Crippen LogP contribution in [0.5, 0.6) is 11.5 Å². The van der Waals surface area contributed by atoms with E-state index in [2.05, 4.69) is 75.4 Å². The topological polar surface area (TPSA) is 114 Å². The number of ether oxygens (including phenoxy) is 1. The van der Waals surface area contributed by atoms with Gasteiger partial charge in [0.1, 0.15) is 35.8 Å². The molecule has 0 saturated heterocycles. The Labute approximate surface area is 358 Å². The van der Waals surface area contributed by atoms with Gasteiger partial charge in [0.2, 0.25) is 0 Å². The molecule has 0 fully saturated rings. The number of para-hydroxylation sites is 5. The normalized spacial score (nSPS) is 13.1. The Balaban J connectivity index is 1.26. The fraction of sp³-hybridized carbons (Fsp3) is 0. The van der Waals surface area contributed by atoms with E-state index in [1.165, 1.54) is 0 Å². The van der Waals surface area contributed by atoms with Crippen molar-refractivity contribution in [1.82, 2.24) is 0 Å². The van der Waals surface area contributed by atoms with E-state index >= 15 is 0 Å². The summed E-state index contributed by atoms with van der Waals surface area (Å²) in [6, 6.07) is 64.0. The minimum Gasteiger partial charge on any atom is -0.457 e. The standard InChI is InChI=1S/C52H27B2N7O/c55-28-32-24-33(29-56)50-47-49(32)59(36-14-4-1-5-15-36)43-22-12-10-20-39(43)53(47)41-26-42-45(27-44(41)60(50)37-16-6-2-7-17-37)61(38-18-8-3-9-19-38)51-34(30-57)25-35(31-58)52-48(51)54(42)40-21-11-13-23-46(40)62-52/h1-27H. The molecule has 0 amide bonds. The molecule has 0 spiro atoms. The zero-order valence-corrected chi connectivity index (χ0v) is 32.8. The molecule has 10 heteroatoms. The Hall–Kier alpha value is -8.95. The number of benzene rings is 8. The van der Waals surface area contributed by atoms with Crippen molar-refractivity contribution in [3.8, 4) is 35.8 Å². The first-order chi connectivity index (χ1) is 30.6. The minimum absolute atomic E-state index is 0.290. The van der Waals surface area contributed by atoms with E-state index in [0.29, 0.717) is 45.1 Å². The average Bonchev–Trinajstić information content (AvgIpc) is 3.34. The summed E-state index contributed by atoms with van der Waals surface area (Å²) in [4.78, 5) is 6.47. The number of fused-ring (bicyclic) bond motifs is 8. The second-order valence-corrected chi connectivity index (χ2v) is 15.6. The fourth-order valence-corrected chi connectivity index (χ4v) is 10.2. The SMILES string of the molecule is N#Cc1cc(C#N)c2c3c1Oc1ccccc1B3c1cc3c(cc1N2c1ccccc1)N(c1ccccc1)c1c(C#N)cc(C#N)c2c1B3c1ccccc1N2c1ccccc1. The molecular weight excluding hydrogens is 760 g/mol. The lowest BCUT2D eigenvalue weighted by atomic mass is 9.30. The maximum atomic E-state index is 11.1. The highest BCUT2D eigenvalue weighted by Crippen LogP contribution is 2.49. The second-order valence-electron chi connectivity index (χ2n) is 15.6. The summed E-state index contributed by atoms with van der Waals surface area (Å²) >= 11 is 0. The average molecular weight is 787 g/mol. The number of hydrogen-bond donors (Lipinski definition) is 0. The number of anilines is 9. The Bertz CT molecular complexity index is 3420. The molecule has 0 N–H and O–H groups in total. The Morgan fingerprint density at radius 1 is 0.371 bits per heavy atom. The Kier molecular flexibility index (Phi) is 7.51. The minimum atomic E-state index is -0.420. The Morgan fingerprint density at radius 2 is 0.790 bits per heavy atom. The highest BCUT2D eigenvalue weighted by atomic mass is 16.5. The van der Waals surface area contributed by atoms with Gasteiger partial charge >= 0.3 is 0 Å². The summed E-state index contributed by atoms with van der Waals surface area (Å²) in [5.74, 6) is 1.08. The van der Waals surface area contributed by atoms with Gasteiger partial charge in [-0.2, -0.15) is 21.0 Å². The van der Waals surface area contributed by atoms with E-state index in [1.54, 1.807) is 12.1 Å². The van der Waals surface area contributed by atoms with Crippen molar-refractivity contribution >= 4 is 97.4 Å². The van der Waals surface area contributed by atoms with E-state index < -0.39 is 13.4 Å². The van der Waals surface area contributed by atoms with E-state index in [4.69, 9.17) is 4.74 Å². The van der Waals surface area contributed by atoms with E-state index in [-0.39, 0.29) is 0 Å². The molecule has 0 bridgehead atoms. The van der Waals surface area contributed by atoms with Gasteiger partial charge in [0, 0.05) is 34.1 Å². The predicted molar refractivity (Wildman–Crippen MR) is 245 cm³/mol. The van der Waals surface area contributed by atoms with Crippen molar-refractivity contribution in [2.75, 3.05) is 14.7 Å². The molecule has 8 aromatic rings. The number of hydrogen-bond acceptors (Lipinski definition) is 8. The van der Waals surface area contributed by atoms with Gasteiger partial charge in [-0.15, -0.1) is 0 Å². The molecule has 0 saturated carbocycles. The van der Waals surface area contributed by atoms with Crippen LogP contribution in [0.3, 0.4) is 0 Å². The summed E-state index contributed by atoms with van der Waals surface area (Å²) in [5.41, 5.74) is 14.3.